The van der Waals surface area contributed by atoms with Crippen molar-refractivity contribution in [3.63, 3.8) is 0 Å². The second kappa shape index (κ2) is 7.45. The van der Waals surface area contributed by atoms with Crippen molar-refractivity contribution in [3.05, 3.63) is 36.5 Å². The monoisotopic (exact) mass is 347 g/mol. The molecule has 0 radical (unpaired) electrons. The summed E-state index contributed by atoms with van der Waals surface area (Å²) >= 11 is 0. The van der Waals surface area contributed by atoms with E-state index in [1.807, 2.05) is 18.2 Å². The molecule has 3 N–H and O–H groups in total. The Hall–Kier alpha value is -2.06. The number of benzene rings is 1. The number of aliphatic hydroxyl groups excluding tert-OH is 3. The van der Waals surface area contributed by atoms with Crippen molar-refractivity contribution in [2.24, 2.45) is 5.92 Å². The van der Waals surface area contributed by atoms with Crippen molar-refractivity contribution in [2.75, 3.05) is 6.61 Å². The van der Waals surface area contributed by atoms with Gasteiger partial charge in [0.1, 0.15) is 29.3 Å². The van der Waals surface area contributed by atoms with Crippen LogP contribution < -0.4 is 4.74 Å². The van der Waals surface area contributed by atoms with Crippen molar-refractivity contribution in [3.8, 4) is 5.75 Å². The number of ketones is 1. The zero-order valence-electron chi connectivity index (χ0n) is 13.8. The van der Waals surface area contributed by atoms with E-state index in [0.29, 0.717) is 11.3 Å². The van der Waals surface area contributed by atoms with Crippen LogP contribution in [0.1, 0.15) is 13.3 Å². The van der Waals surface area contributed by atoms with Gasteiger partial charge in [-0.15, -0.1) is 0 Å². The first kappa shape index (κ1) is 17.8. The molecule has 2 heterocycles. The molecule has 1 aromatic carbocycles. The van der Waals surface area contributed by atoms with Gasteiger partial charge >= 0.3 is 0 Å². The number of para-hydroxylation sites is 1. The van der Waals surface area contributed by atoms with Crippen LogP contribution in [0, 0.1) is 5.92 Å². The molecule has 7 heteroatoms. The summed E-state index contributed by atoms with van der Waals surface area (Å²) in [5.41, 5.74) is 0.622. The number of rotatable bonds is 5. The number of carbonyl (C=O) groups is 1. The summed E-state index contributed by atoms with van der Waals surface area (Å²) in [5.74, 6) is -0.474. The van der Waals surface area contributed by atoms with Gasteiger partial charge in [-0.3, -0.25) is 4.98 Å². The zero-order chi connectivity index (χ0) is 18.0. The minimum absolute atomic E-state index is 0.0146. The molecule has 2 aromatic rings. The standard InChI is InChI=1S/C18H21NO6/c1-10(21)8-12-16(22)17(23)14(9-20)25-18(12)24-13-6-2-4-11-5-3-7-19-15(11)13/h2-7,12,14,16-18,20,22-23H,8-9H2,1H3/t12-,14-,16-,17+,18-/m1/s1. The van der Waals surface area contributed by atoms with Crippen LogP contribution in [0.15, 0.2) is 36.5 Å². The summed E-state index contributed by atoms with van der Waals surface area (Å²) in [5, 5.41) is 30.7. The van der Waals surface area contributed by atoms with Crippen LogP contribution in [0.5, 0.6) is 5.75 Å². The molecule has 1 aliphatic heterocycles. The van der Waals surface area contributed by atoms with Gasteiger partial charge in [-0.05, 0) is 19.1 Å². The molecular formula is C18H21NO6. The van der Waals surface area contributed by atoms with E-state index in [9.17, 15) is 20.1 Å². The Morgan fingerprint density at radius 3 is 2.72 bits per heavy atom. The molecular weight excluding hydrogens is 326 g/mol. The summed E-state index contributed by atoms with van der Waals surface area (Å²) in [6.07, 6.45) is -2.90. The molecule has 1 fully saturated rings. The molecule has 5 atom stereocenters. The van der Waals surface area contributed by atoms with Gasteiger partial charge in [-0.2, -0.15) is 0 Å². The van der Waals surface area contributed by atoms with Crippen molar-refractivity contribution >= 4 is 16.7 Å². The van der Waals surface area contributed by atoms with E-state index in [2.05, 4.69) is 4.98 Å². The van der Waals surface area contributed by atoms with Crippen molar-refractivity contribution in [1.82, 2.24) is 4.98 Å². The van der Waals surface area contributed by atoms with Crippen LogP contribution in [0.3, 0.4) is 0 Å². The van der Waals surface area contributed by atoms with Crippen LogP contribution in [-0.4, -0.2) is 57.3 Å². The van der Waals surface area contributed by atoms with Crippen LogP contribution in [0.25, 0.3) is 10.9 Å². The van der Waals surface area contributed by atoms with Crippen LogP contribution in [-0.2, 0) is 9.53 Å². The van der Waals surface area contributed by atoms with Crippen LogP contribution >= 0.6 is 0 Å². The van der Waals surface area contributed by atoms with Gasteiger partial charge in [0.25, 0.3) is 0 Å². The van der Waals surface area contributed by atoms with Crippen molar-refractivity contribution in [1.29, 1.82) is 0 Å². The quantitative estimate of drug-likeness (QED) is 0.728. The third-order valence-electron chi connectivity index (χ3n) is 4.37. The Labute approximate surface area is 144 Å². The number of pyridine rings is 1. The fraction of sp³-hybridized carbons (Fsp3) is 0.444. The van der Waals surface area contributed by atoms with E-state index in [4.69, 9.17) is 9.47 Å². The van der Waals surface area contributed by atoms with Gasteiger partial charge in [-0.25, -0.2) is 0 Å². The second-order valence-corrected chi connectivity index (χ2v) is 6.23. The van der Waals surface area contributed by atoms with E-state index in [-0.39, 0.29) is 12.2 Å². The normalized spacial score (nSPS) is 29.5. The fourth-order valence-corrected chi connectivity index (χ4v) is 3.10. The first-order valence-corrected chi connectivity index (χ1v) is 8.13. The van der Waals surface area contributed by atoms with E-state index in [1.165, 1.54) is 6.92 Å². The van der Waals surface area contributed by atoms with Crippen molar-refractivity contribution < 1.29 is 29.6 Å². The molecule has 3 rings (SSSR count). The molecule has 1 aliphatic rings. The molecule has 0 amide bonds. The largest absolute Gasteiger partial charge is 0.462 e. The fourth-order valence-electron chi connectivity index (χ4n) is 3.10. The number of carbonyl (C=O) groups excluding carboxylic acids is 1. The molecule has 1 saturated heterocycles. The first-order valence-electron chi connectivity index (χ1n) is 8.13. The minimum atomic E-state index is -1.29. The van der Waals surface area contributed by atoms with E-state index in [0.717, 1.165) is 5.39 Å². The Morgan fingerprint density at radius 2 is 2.00 bits per heavy atom. The SMILES string of the molecule is CC(=O)C[C@H]1[C@H](Oc2cccc3cccnc23)O[C@H](CO)[C@H](O)[C@@H]1O. The molecule has 7 nitrogen and oxygen atoms in total. The molecule has 134 valence electrons. The Morgan fingerprint density at radius 1 is 1.24 bits per heavy atom. The third-order valence-corrected chi connectivity index (χ3v) is 4.37. The summed E-state index contributed by atoms with van der Waals surface area (Å²) in [4.78, 5) is 15.9. The van der Waals surface area contributed by atoms with Crippen LogP contribution in [0.2, 0.25) is 0 Å². The summed E-state index contributed by atoms with van der Waals surface area (Å²) in [7, 11) is 0. The first-order chi connectivity index (χ1) is 12.0. The number of hydrogen-bond acceptors (Lipinski definition) is 7. The lowest BCUT2D eigenvalue weighted by molar-refractivity contribution is -0.260. The molecule has 0 unspecified atom stereocenters. The molecule has 0 spiro atoms. The Bertz CT molecular complexity index is 746. The predicted octanol–water partition coefficient (Wildman–Crippen LogP) is 0.648. The number of ether oxygens (including phenoxy) is 2. The number of hydrogen-bond donors (Lipinski definition) is 3. The summed E-state index contributed by atoms with van der Waals surface area (Å²) in [6, 6.07) is 9.10. The maximum absolute atomic E-state index is 11.6. The van der Waals surface area contributed by atoms with Gasteiger partial charge in [0.15, 0.2) is 0 Å². The highest BCUT2D eigenvalue weighted by Crippen LogP contribution is 2.33. The van der Waals surface area contributed by atoms with Gasteiger partial charge in [0.05, 0.1) is 18.6 Å². The topological polar surface area (TPSA) is 109 Å². The summed E-state index contributed by atoms with van der Waals surface area (Å²) in [6.45, 7) is 0.923. The van der Waals surface area contributed by atoms with Gasteiger partial charge in [0, 0.05) is 18.0 Å². The Kier molecular flexibility index (Phi) is 5.29. The maximum atomic E-state index is 11.6. The second-order valence-electron chi connectivity index (χ2n) is 6.23. The van der Waals surface area contributed by atoms with E-state index in [1.54, 1.807) is 18.3 Å². The smallest absolute Gasteiger partial charge is 0.206 e. The molecule has 0 aliphatic carbocycles. The average molecular weight is 347 g/mol. The molecule has 0 bridgehead atoms. The highest BCUT2D eigenvalue weighted by Gasteiger charge is 2.45. The van der Waals surface area contributed by atoms with E-state index >= 15 is 0 Å². The molecule has 1 aromatic heterocycles. The average Bonchev–Trinajstić information content (AvgIpc) is 2.61. The van der Waals surface area contributed by atoms with Gasteiger partial charge in [-0.1, -0.05) is 18.2 Å². The third kappa shape index (κ3) is 3.64. The van der Waals surface area contributed by atoms with E-state index < -0.39 is 37.1 Å². The summed E-state index contributed by atoms with van der Waals surface area (Å²) < 4.78 is 11.5. The number of nitrogens with zero attached hydrogens (tertiary/aromatic N) is 1. The van der Waals surface area contributed by atoms with Gasteiger partial charge < -0.3 is 29.6 Å². The molecule has 0 saturated carbocycles. The number of Topliss-reactive ketones (excluding diaryl/α,β-unsaturated/α-hetero) is 1. The predicted molar refractivity (Wildman–Crippen MR) is 88.9 cm³/mol. The number of aromatic nitrogens is 1. The minimum Gasteiger partial charge on any atom is -0.462 e. The lowest BCUT2D eigenvalue weighted by Crippen LogP contribution is -2.57. The highest BCUT2D eigenvalue weighted by molar-refractivity contribution is 5.84. The Balaban J connectivity index is 1.92. The van der Waals surface area contributed by atoms with Crippen molar-refractivity contribution in [2.45, 2.75) is 37.9 Å². The lowest BCUT2D eigenvalue weighted by Gasteiger charge is -2.41. The maximum Gasteiger partial charge on any atom is 0.206 e. The molecule has 25 heavy (non-hydrogen) atoms. The highest BCUT2D eigenvalue weighted by atomic mass is 16.7. The zero-order valence-corrected chi connectivity index (χ0v) is 13.8. The number of aliphatic hydroxyl groups is 3. The number of fused-ring (bicyclic) bond motifs is 1. The van der Waals surface area contributed by atoms with Gasteiger partial charge in [0.2, 0.25) is 6.29 Å². The van der Waals surface area contributed by atoms with Crippen LogP contribution in [0.4, 0.5) is 0 Å². The lowest BCUT2D eigenvalue weighted by atomic mass is 9.87.